The van der Waals surface area contributed by atoms with Crippen molar-refractivity contribution < 1.29 is 17.9 Å². The van der Waals surface area contributed by atoms with Crippen molar-refractivity contribution in [2.24, 2.45) is 0 Å². The average Bonchev–Trinajstić information content (AvgIpc) is 2.81. The highest BCUT2D eigenvalue weighted by molar-refractivity contribution is 7.92. The predicted octanol–water partition coefficient (Wildman–Crippen LogP) is 5.12. The monoisotopic (exact) mass is 486 g/mol. The lowest BCUT2D eigenvalue weighted by Gasteiger charge is -2.26. The number of hydrogen-bond acceptors (Lipinski definition) is 4. The third kappa shape index (κ3) is 6.06. The molecule has 3 rings (SSSR count). The molecule has 3 aromatic rings. The summed E-state index contributed by atoms with van der Waals surface area (Å²) in [5.74, 6) is 0.115. The molecule has 0 aliphatic heterocycles. The number of nitrogens with zero attached hydrogens (tertiary/aromatic N) is 1. The number of anilines is 1. The van der Waals surface area contributed by atoms with E-state index in [1.807, 2.05) is 38.1 Å². The average molecular weight is 487 g/mol. The number of aryl methyl sites for hydroxylation is 1. The van der Waals surface area contributed by atoms with Gasteiger partial charge in [-0.3, -0.25) is 9.10 Å². The van der Waals surface area contributed by atoms with Gasteiger partial charge in [-0.25, -0.2) is 8.42 Å². The molecule has 1 amide bonds. The Labute approximate surface area is 200 Å². The number of rotatable bonds is 9. The number of halogens is 1. The van der Waals surface area contributed by atoms with Gasteiger partial charge < -0.3 is 10.1 Å². The molecule has 0 aliphatic rings. The molecular formula is C25H27ClN2O4S. The van der Waals surface area contributed by atoms with Crippen LogP contribution < -0.4 is 14.4 Å². The van der Waals surface area contributed by atoms with Gasteiger partial charge in [0.2, 0.25) is 5.91 Å². The number of nitrogens with one attached hydrogen (secondary N) is 1. The third-order valence-electron chi connectivity index (χ3n) is 5.25. The van der Waals surface area contributed by atoms with Crippen molar-refractivity contribution in [3.63, 3.8) is 0 Å². The molecule has 3 aromatic carbocycles. The summed E-state index contributed by atoms with van der Waals surface area (Å²) in [6.07, 6.45) is 0.664. The van der Waals surface area contributed by atoms with Crippen LogP contribution >= 0.6 is 11.6 Å². The van der Waals surface area contributed by atoms with Gasteiger partial charge in [0.25, 0.3) is 10.0 Å². The summed E-state index contributed by atoms with van der Waals surface area (Å²) in [6, 6.07) is 20.1. The summed E-state index contributed by atoms with van der Waals surface area (Å²) in [7, 11) is -2.54. The number of amides is 1. The lowest BCUT2D eigenvalue weighted by Crippen LogP contribution is -2.42. The molecule has 0 fully saturated rings. The predicted molar refractivity (Wildman–Crippen MR) is 131 cm³/mol. The van der Waals surface area contributed by atoms with Crippen molar-refractivity contribution in [3.05, 3.63) is 88.9 Å². The first-order valence-electron chi connectivity index (χ1n) is 10.5. The van der Waals surface area contributed by atoms with Gasteiger partial charge in [-0.2, -0.15) is 0 Å². The molecule has 33 heavy (non-hydrogen) atoms. The van der Waals surface area contributed by atoms with Crippen molar-refractivity contribution in [2.45, 2.75) is 31.2 Å². The van der Waals surface area contributed by atoms with Crippen LogP contribution in [-0.2, 0) is 14.8 Å². The maximum atomic E-state index is 13.5. The highest BCUT2D eigenvalue weighted by Gasteiger charge is 2.28. The normalized spacial score (nSPS) is 12.1. The highest BCUT2D eigenvalue weighted by Crippen LogP contribution is 2.27. The molecule has 0 saturated heterocycles. The van der Waals surface area contributed by atoms with E-state index in [1.165, 1.54) is 25.3 Å². The second-order valence-electron chi connectivity index (χ2n) is 7.61. The Morgan fingerprint density at radius 2 is 1.73 bits per heavy atom. The summed E-state index contributed by atoms with van der Waals surface area (Å²) in [6.45, 7) is 3.57. The Balaban J connectivity index is 1.91. The molecule has 6 nitrogen and oxygen atoms in total. The largest absolute Gasteiger partial charge is 0.497 e. The SMILES string of the molecule is CC[C@@H](NC(=O)CN(c1cccc(Cl)c1)S(=O)(=O)c1ccc(OC)cc1)c1ccc(C)cc1. The zero-order valence-corrected chi connectivity index (χ0v) is 20.4. The first kappa shape index (κ1) is 24.6. The summed E-state index contributed by atoms with van der Waals surface area (Å²) < 4.78 is 33.2. The number of benzene rings is 3. The second kappa shape index (κ2) is 10.7. The summed E-state index contributed by atoms with van der Waals surface area (Å²) in [5.41, 5.74) is 2.39. The van der Waals surface area contributed by atoms with Gasteiger partial charge in [-0.05, 0) is 61.4 Å². The van der Waals surface area contributed by atoms with Crippen LogP contribution in [-0.4, -0.2) is 28.0 Å². The second-order valence-corrected chi connectivity index (χ2v) is 9.90. The van der Waals surface area contributed by atoms with Crippen LogP contribution in [0.2, 0.25) is 5.02 Å². The van der Waals surface area contributed by atoms with Gasteiger partial charge in [0.1, 0.15) is 12.3 Å². The number of sulfonamides is 1. The van der Waals surface area contributed by atoms with Crippen molar-refractivity contribution in [1.82, 2.24) is 5.32 Å². The zero-order valence-electron chi connectivity index (χ0n) is 18.8. The smallest absolute Gasteiger partial charge is 0.264 e. The van der Waals surface area contributed by atoms with E-state index < -0.39 is 22.5 Å². The van der Waals surface area contributed by atoms with Gasteiger partial charge in [-0.15, -0.1) is 0 Å². The molecule has 0 heterocycles. The molecule has 0 radical (unpaired) electrons. The van der Waals surface area contributed by atoms with E-state index in [0.717, 1.165) is 15.4 Å². The van der Waals surface area contributed by atoms with Gasteiger partial charge in [0.05, 0.1) is 23.7 Å². The van der Waals surface area contributed by atoms with Crippen molar-refractivity contribution in [1.29, 1.82) is 0 Å². The van der Waals surface area contributed by atoms with Gasteiger partial charge in [0, 0.05) is 5.02 Å². The maximum absolute atomic E-state index is 13.5. The molecule has 0 spiro atoms. The van der Waals surface area contributed by atoms with Crippen LogP contribution in [0.1, 0.15) is 30.5 Å². The first-order chi connectivity index (χ1) is 15.7. The molecule has 0 aliphatic carbocycles. The highest BCUT2D eigenvalue weighted by atomic mass is 35.5. The number of ether oxygens (including phenoxy) is 1. The Morgan fingerprint density at radius 3 is 2.30 bits per heavy atom. The fraction of sp³-hybridized carbons (Fsp3) is 0.240. The maximum Gasteiger partial charge on any atom is 0.264 e. The number of methoxy groups -OCH3 is 1. The van der Waals surface area contributed by atoms with Crippen molar-refractivity contribution in [3.8, 4) is 5.75 Å². The number of carbonyl (C=O) groups excluding carboxylic acids is 1. The van der Waals surface area contributed by atoms with Crippen LogP contribution in [0.4, 0.5) is 5.69 Å². The Bertz CT molecular complexity index is 1200. The topological polar surface area (TPSA) is 75.7 Å². The summed E-state index contributed by atoms with van der Waals surface area (Å²) >= 11 is 6.12. The van der Waals surface area contributed by atoms with Gasteiger partial charge in [-0.1, -0.05) is 54.4 Å². The third-order valence-corrected chi connectivity index (χ3v) is 7.28. The zero-order chi connectivity index (χ0) is 24.0. The fourth-order valence-electron chi connectivity index (χ4n) is 3.41. The van der Waals surface area contributed by atoms with Crippen LogP contribution in [0, 0.1) is 6.92 Å². The minimum atomic E-state index is -4.05. The standard InChI is InChI=1S/C25H27ClN2O4S/c1-4-24(19-10-8-18(2)9-11-19)27-25(29)17-28(21-7-5-6-20(26)16-21)33(30,31)23-14-12-22(32-3)13-15-23/h5-16,24H,4,17H2,1-3H3,(H,27,29)/t24-/m1/s1. The van der Waals surface area contributed by atoms with E-state index in [1.54, 1.807) is 30.3 Å². The minimum Gasteiger partial charge on any atom is -0.497 e. The summed E-state index contributed by atoms with van der Waals surface area (Å²) in [5, 5.41) is 3.33. The van der Waals surface area contributed by atoms with Gasteiger partial charge >= 0.3 is 0 Å². The molecule has 1 atom stereocenters. The summed E-state index contributed by atoms with van der Waals surface area (Å²) in [4.78, 5) is 13.1. The van der Waals surface area contributed by atoms with Gasteiger partial charge in [0.15, 0.2) is 0 Å². The number of hydrogen-bond donors (Lipinski definition) is 1. The Hall–Kier alpha value is -3.03. The number of carbonyl (C=O) groups is 1. The van der Waals surface area contributed by atoms with Crippen molar-refractivity contribution >= 4 is 33.2 Å². The van der Waals surface area contributed by atoms with E-state index in [2.05, 4.69) is 5.32 Å². The fourth-order valence-corrected chi connectivity index (χ4v) is 5.01. The molecule has 1 N–H and O–H groups in total. The van der Waals surface area contributed by atoms with Crippen molar-refractivity contribution in [2.75, 3.05) is 18.0 Å². The quantitative estimate of drug-likeness (QED) is 0.455. The van der Waals surface area contributed by atoms with E-state index in [0.29, 0.717) is 22.9 Å². The molecule has 174 valence electrons. The molecule has 0 bridgehead atoms. The van der Waals surface area contributed by atoms with E-state index in [9.17, 15) is 13.2 Å². The Morgan fingerprint density at radius 1 is 1.06 bits per heavy atom. The van der Waals surface area contributed by atoms with E-state index in [4.69, 9.17) is 16.3 Å². The van der Waals surface area contributed by atoms with Crippen LogP contribution in [0.15, 0.2) is 77.7 Å². The van der Waals surface area contributed by atoms with E-state index in [-0.39, 0.29) is 10.9 Å². The minimum absolute atomic E-state index is 0.0432. The molecule has 0 aromatic heterocycles. The molecule has 8 heteroatoms. The van der Waals surface area contributed by atoms with Crippen LogP contribution in [0.3, 0.4) is 0 Å². The Kier molecular flexibility index (Phi) is 8.00. The molecule has 0 saturated carbocycles. The van der Waals surface area contributed by atoms with Crippen LogP contribution in [0.25, 0.3) is 0 Å². The molecular weight excluding hydrogens is 460 g/mol. The van der Waals surface area contributed by atoms with Crippen LogP contribution in [0.5, 0.6) is 5.75 Å². The first-order valence-corrected chi connectivity index (χ1v) is 12.3. The lowest BCUT2D eigenvalue weighted by molar-refractivity contribution is -0.120. The van der Waals surface area contributed by atoms with E-state index >= 15 is 0 Å². The molecule has 0 unspecified atom stereocenters. The lowest BCUT2D eigenvalue weighted by atomic mass is 10.0.